The predicted octanol–water partition coefficient (Wildman–Crippen LogP) is 4.54. The first-order valence-electron chi connectivity index (χ1n) is 12.2. The number of benzene rings is 2. The number of aryl methyl sites for hydroxylation is 2. The maximum atomic E-state index is 14.1. The minimum Gasteiger partial charge on any atom is -0.383 e. The van der Waals surface area contributed by atoms with Crippen molar-refractivity contribution in [2.75, 3.05) is 56.7 Å². The standard InChI is InChI=1S/C27H32FN5O3S/c1-19-7-6-8-20(2)25(19)30-27(35)33(15-16-36-3)17-24-29-22(18-37-24)26(34)32-13-11-31(12-14-32)23-10-5-4-9-21(23)28/h4-10,18H,11-17H2,1-3H3,(H,30,35). The van der Waals surface area contributed by atoms with E-state index in [1.54, 1.807) is 34.4 Å². The van der Waals surface area contributed by atoms with Crippen molar-refractivity contribution in [3.63, 3.8) is 0 Å². The van der Waals surface area contributed by atoms with E-state index < -0.39 is 0 Å². The lowest BCUT2D eigenvalue weighted by Crippen LogP contribution is -2.49. The monoisotopic (exact) mass is 525 g/mol. The Morgan fingerprint density at radius 1 is 1.08 bits per heavy atom. The van der Waals surface area contributed by atoms with Gasteiger partial charge in [0.25, 0.3) is 5.91 Å². The molecule has 0 radical (unpaired) electrons. The molecule has 0 saturated carbocycles. The number of urea groups is 1. The summed E-state index contributed by atoms with van der Waals surface area (Å²) in [5.41, 5.74) is 3.68. The molecule has 1 saturated heterocycles. The zero-order chi connectivity index (χ0) is 26.4. The van der Waals surface area contributed by atoms with Gasteiger partial charge in [-0.05, 0) is 37.1 Å². The van der Waals surface area contributed by atoms with Gasteiger partial charge < -0.3 is 24.8 Å². The van der Waals surface area contributed by atoms with Gasteiger partial charge in [0, 0.05) is 50.9 Å². The van der Waals surface area contributed by atoms with E-state index in [9.17, 15) is 14.0 Å². The fourth-order valence-corrected chi connectivity index (χ4v) is 5.10. The highest BCUT2D eigenvalue weighted by Crippen LogP contribution is 2.23. The van der Waals surface area contributed by atoms with Crippen LogP contribution in [0.1, 0.15) is 26.6 Å². The summed E-state index contributed by atoms with van der Waals surface area (Å²) in [6.07, 6.45) is 0. The zero-order valence-corrected chi connectivity index (χ0v) is 22.2. The third-order valence-electron chi connectivity index (χ3n) is 6.42. The SMILES string of the molecule is COCCN(Cc1nc(C(=O)N2CCN(c3ccccc3F)CC2)cs1)C(=O)Nc1c(C)cccc1C. The summed E-state index contributed by atoms with van der Waals surface area (Å²) >= 11 is 1.35. The molecule has 3 amide bonds. The van der Waals surface area contributed by atoms with Gasteiger partial charge in [-0.15, -0.1) is 11.3 Å². The summed E-state index contributed by atoms with van der Waals surface area (Å²) in [5, 5.41) is 5.41. The molecule has 196 valence electrons. The molecular weight excluding hydrogens is 493 g/mol. The summed E-state index contributed by atoms with van der Waals surface area (Å²) in [5.74, 6) is -0.412. The van der Waals surface area contributed by atoms with Crippen LogP contribution in [0, 0.1) is 19.7 Å². The van der Waals surface area contributed by atoms with Crippen molar-refractivity contribution in [2.45, 2.75) is 20.4 Å². The van der Waals surface area contributed by atoms with Gasteiger partial charge in [0.05, 0.1) is 18.8 Å². The van der Waals surface area contributed by atoms with Crippen molar-refractivity contribution in [3.05, 3.63) is 75.5 Å². The Kier molecular flexibility index (Phi) is 8.73. The van der Waals surface area contributed by atoms with Gasteiger partial charge in [-0.2, -0.15) is 0 Å². The fraction of sp³-hybridized carbons (Fsp3) is 0.370. The van der Waals surface area contributed by atoms with E-state index >= 15 is 0 Å². The fourth-order valence-electron chi connectivity index (χ4n) is 4.32. The molecule has 1 aliphatic heterocycles. The number of halogens is 1. The molecule has 0 bridgehead atoms. The molecule has 1 aliphatic rings. The maximum Gasteiger partial charge on any atom is 0.322 e. The molecule has 1 aromatic heterocycles. The number of rotatable bonds is 8. The van der Waals surface area contributed by atoms with Crippen molar-refractivity contribution in [1.29, 1.82) is 0 Å². The van der Waals surface area contributed by atoms with Crippen LogP contribution in [-0.2, 0) is 11.3 Å². The Balaban J connectivity index is 1.38. The number of piperazine rings is 1. The molecule has 2 aromatic carbocycles. The normalized spacial score (nSPS) is 13.5. The molecule has 37 heavy (non-hydrogen) atoms. The highest BCUT2D eigenvalue weighted by Gasteiger charge is 2.26. The average molecular weight is 526 g/mol. The van der Waals surface area contributed by atoms with Gasteiger partial charge in [0.15, 0.2) is 0 Å². The third kappa shape index (κ3) is 6.44. The number of hydrogen-bond acceptors (Lipinski definition) is 6. The topological polar surface area (TPSA) is 78.0 Å². The number of ether oxygens (including phenoxy) is 1. The molecular formula is C27H32FN5O3S. The van der Waals surface area contributed by atoms with Gasteiger partial charge in [0.2, 0.25) is 0 Å². The van der Waals surface area contributed by atoms with Crippen LogP contribution in [0.25, 0.3) is 0 Å². The van der Waals surface area contributed by atoms with E-state index in [0.29, 0.717) is 55.7 Å². The molecule has 0 atom stereocenters. The van der Waals surface area contributed by atoms with Crippen molar-refractivity contribution in [2.24, 2.45) is 0 Å². The van der Waals surface area contributed by atoms with Gasteiger partial charge in [-0.1, -0.05) is 30.3 Å². The minimum atomic E-state index is -0.258. The van der Waals surface area contributed by atoms with Crippen LogP contribution < -0.4 is 10.2 Å². The van der Waals surface area contributed by atoms with Crippen LogP contribution in [0.3, 0.4) is 0 Å². The van der Waals surface area contributed by atoms with E-state index in [0.717, 1.165) is 16.8 Å². The molecule has 8 nitrogen and oxygen atoms in total. The van der Waals surface area contributed by atoms with Gasteiger partial charge in [-0.25, -0.2) is 14.2 Å². The second-order valence-corrected chi connectivity index (χ2v) is 9.91. The number of amides is 3. The Bertz CT molecular complexity index is 1220. The van der Waals surface area contributed by atoms with Gasteiger partial charge >= 0.3 is 6.03 Å². The number of carbonyl (C=O) groups is 2. The summed E-state index contributed by atoms with van der Waals surface area (Å²) < 4.78 is 19.3. The number of methoxy groups -OCH3 is 1. The summed E-state index contributed by atoms with van der Waals surface area (Å²) in [7, 11) is 1.59. The van der Waals surface area contributed by atoms with Crippen LogP contribution in [0.2, 0.25) is 0 Å². The summed E-state index contributed by atoms with van der Waals surface area (Å²) in [4.78, 5) is 36.1. The minimum absolute atomic E-state index is 0.154. The molecule has 2 heterocycles. The number of thiazole rings is 1. The molecule has 1 fully saturated rings. The second kappa shape index (κ2) is 12.2. The summed E-state index contributed by atoms with van der Waals surface area (Å²) in [6.45, 7) is 7.00. The summed E-state index contributed by atoms with van der Waals surface area (Å²) in [6, 6.07) is 12.3. The van der Waals surface area contributed by atoms with E-state index in [2.05, 4.69) is 10.3 Å². The van der Waals surface area contributed by atoms with Gasteiger partial charge in [0.1, 0.15) is 16.5 Å². The zero-order valence-electron chi connectivity index (χ0n) is 21.4. The lowest BCUT2D eigenvalue weighted by atomic mass is 10.1. The van der Waals surface area contributed by atoms with Crippen LogP contribution in [0.4, 0.5) is 20.6 Å². The predicted molar refractivity (Wildman–Crippen MR) is 144 cm³/mol. The number of nitrogens with one attached hydrogen (secondary N) is 1. The molecule has 0 aliphatic carbocycles. The quantitative estimate of drug-likeness (QED) is 0.467. The Morgan fingerprint density at radius 3 is 2.46 bits per heavy atom. The number of nitrogens with zero attached hydrogens (tertiary/aromatic N) is 4. The Hall–Kier alpha value is -3.50. The van der Waals surface area contributed by atoms with Crippen LogP contribution in [0.15, 0.2) is 47.8 Å². The lowest BCUT2D eigenvalue weighted by molar-refractivity contribution is 0.0741. The number of para-hydroxylation sites is 2. The highest BCUT2D eigenvalue weighted by atomic mass is 32.1. The van der Waals surface area contributed by atoms with E-state index in [4.69, 9.17) is 4.74 Å². The Morgan fingerprint density at radius 2 is 1.78 bits per heavy atom. The first-order chi connectivity index (χ1) is 17.9. The molecule has 1 N–H and O–H groups in total. The van der Waals surface area contributed by atoms with Crippen molar-refractivity contribution < 1.29 is 18.7 Å². The van der Waals surface area contributed by atoms with Crippen LogP contribution in [0.5, 0.6) is 0 Å². The number of anilines is 2. The molecule has 0 unspecified atom stereocenters. The van der Waals surface area contributed by atoms with Crippen LogP contribution >= 0.6 is 11.3 Å². The van der Waals surface area contributed by atoms with E-state index in [-0.39, 0.29) is 24.3 Å². The van der Waals surface area contributed by atoms with E-state index in [1.165, 1.54) is 17.4 Å². The molecule has 0 spiro atoms. The third-order valence-corrected chi connectivity index (χ3v) is 7.26. The van der Waals surface area contributed by atoms with Crippen molar-refractivity contribution in [3.8, 4) is 0 Å². The first kappa shape index (κ1) is 26.6. The number of hydrogen-bond donors (Lipinski definition) is 1. The highest BCUT2D eigenvalue weighted by molar-refractivity contribution is 7.09. The number of carbonyl (C=O) groups excluding carboxylic acids is 2. The van der Waals surface area contributed by atoms with Crippen molar-refractivity contribution in [1.82, 2.24) is 14.8 Å². The molecule has 10 heteroatoms. The number of aromatic nitrogens is 1. The second-order valence-electron chi connectivity index (χ2n) is 8.97. The maximum absolute atomic E-state index is 14.1. The van der Waals surface area contributed by atoms with Crippen molar-refractivity contribution >= 4 is 34.6 Å². The first-order valence-corrected chi connectivity index (χ1v) is 13.1. The van der Waals surface area contributed by atoms with Crippen LogP contribution in [-0.4, -0.2) is 73.2 Å². The smallest absolute Gasteiger partial charge is 0.322 e. The van der Waals surface area contributed by atoms with Gasteiger partial charge in [-0.3, -0.25) is 4.79 Å². The lowest BCUT2D eigenvalue weighted by Gasteiger charge is -2.35. The molecule has 4 rings (SSSR count). The van der Waals surface area contributed by atoms with E-state index in [1.807, 2.05) is 43.0 Å². The largest absolute Gasteiger partial charge is 0.383 e. The molecule has 3 aromatic rings. The average Bonchev–Trinajstić information content (AvgIpc) is 3.37. The Labute approximate surface area is 220 Å².